The molecule has 5 nitrogen and oxygen atoms in total. The Balaban J connectivity index is 1.78. The minimum absolute atomic E-state index is 0.0892. The minimum Gasteiger partial charge on any atom is -0.366 e. The van der Waals surface area contributed by atoms with Gasteiger partial charge in [-0.2, -0.15) is 11.3 Å². The van der Waals surface area contributed by atoms with E-state index in [2.05, 4.69) is 15.3 Å². The molecule has 118 valence electrons. The zero-order valence-electron chi connectivity index (χ0n) is 12.3. The molecule has 1 fully saturated rings. The molecule has 0 spiro atoms. The molecule has 1 saturated heterocycles. The molecule has 1 aromatic carbocycles. The fourth-order valence-electron chi connectivity index (χ4n) is 2.81. The van der Waals surface area contributed by atoms with Gasteiger partial charge in [0.2, 0.25) is 0 Å². The number of para-hydroxylation sites is 1. The molecule has 0 bridgehead atoms. The van der Waals surface area contributed by atoms with Crippen molar-refractivity contribution in [3.05, 3.63) is 41.1 Å². The number of aromatic nitrogens is 2. The molecule has 3 heterocycles. The molecular formula is C16H15N3O2S2. The van der Waals surface area contributed by atoms with Gasteiger partial charge >= 0.3 is 0 Å². The van der Waals surface area contributed by atoms with Gasteiger partial charge in [-0.05, 0) is 30.0 Å². The summed E-state index contributed by atoms with van der Waals surface area (Å²) in [5, 5.41) is 8.23. The highest BCUT2D eigenvalue weighted by molar-refractivity contribution is 7.91. The van der Waals surface area contributed by atoms with Crippen molar-refractivity contribution in [3.63, 3.8) is 0 Å². The first-order valence-electron chi connectivity index (χ1n) is 7.37. The van der Waals surface area contributed by atoms with E-state index in [-0.39, 0.29) is 17.5 Å². The number of nitrogens with zero attached hydrogens (tertiary/aromatic N) is 2. The Morgan fingerprint density at radius 3 is 2.78 bits per heavy atom. The Morgan fingerprint density at radius 2 is 2.04 bits per heavy atom. The van der Waals surface area contributed by atoms with E-state index >= 15 is 0 Å². The highest BCUT2D eigenvalue weighted by atomic mass is 32.2. The standard InChI is InChI=1S/C16H15N3O2S2/c20-23(21)8-6-12(10-23)17-16-13-3-1-2-4-14(13)18-15(19-16)11-5-7-22-9-11/h1-5,7,9,12H,6,8,10H2,(H,17,18,19)/t12-/m0/s1. The lowest BCUT2D eigenvalue weighted by Gasteiger charge is -2.14. The van der Waals surface area contributed by atoms with Crippen molar-refractivity contribution < 1.29 is 8.42 Å². The third kappa shape index (κ3) is 2.94. The smallest absolute Gasteiger partial charge is 0.162 e. The van der Waals surface area contributed by atoms with Gasteiger partial charge in [0.15, 0.2) is 15.7 Å². The van der Waals surface area contributed by atoms with Crippen LogP contribution < -0.4 is 5.32 Å². The molecule has 0 aliphatic carbocycles. The maximum Gasteiger partial charge on any atom is 0.162 e. The largest absolute Gasteiger partial charge is 0.366 e. The van der Waals surface area contributed by atoms with Crippen LogP contribution in [0.5, 0.6) is 0 Å². The predicted molar refractivity (Wildman–Crippen MR) is 93.5 cm³/mol. The fraction of sp³-hybridized carbons (Fsp3) is 0.250. The lowest BCUT2D eigenvalue weighted by atomic mass is 10.2. The first-order chi connectivity index (χ1) is 11.1. The lowest BCUT2D eigenvalue weighted by Crippen LogP contribution is -2.21. The van der Waals surface area contributed by atoms with Crippen molar-refractivity contribution in [2.75, 3.05) is 16.8 Å². The van der Waals surface area contributed by atoms with Crippen molar-refractivity contribution >= 4 is 37.9 Å². The molecule has 2 aromatic heterocycles. The molecule has 3 aromatic rings. The number of nitrogens with one attached hydrogen (secondary N) is 1. The second-order valence-corrected chi connectivity index (χ2v) is 8.68. The van der Waals surface area contributed by atoms with Gasteiger partial charge in [0.1, 0.15) is 5.82 Å². The average Bonchev–Trinajstić information content (AvgIpc) is 3.17. The summed E-state index contributed by atoms with van der Waals surface area (Å²) >= 11 is 1.60. The van der Waals surface area contributed by atoms with Gasteiger partial charge in [-0.15, -0.1) is 0 Å². The van der Waals surface area contributed by atoms with Crippen molar-refractivity contribution in [2.24, 2.45) is 0 Å². The van der Waals surface area contributed by atoms with E-state index in [4.69, 9.17) is 0 Å². The van der Waals surface area contributed by atoms with Crippen LogP contribution in [0.25, 0.3) is 22.3 Å². The van der Waals surface area contributed by atoms with Crippen LogP contribution in [0.1, 0.15) is 6.42 Å². The second kappa shape index (κ2) is 5.58. The summed E-state index contributed by atoms with van der Waals surface area (Å²) in [5.74, 6) is 1.77. The zero-order chi connectivity index (χ0) is 15.9. The molecule has 23 heavy (non-hydrogen) atoms. The van der Waals surface area contributed by atoms with Crippen LogP contribution >= 0.6 is 11.3 Å². The predicted octanol–water partition coefficient (Wildman–Crippen LogP) is 2.96. The van der Waals surface area contributed by atoms with Gasteiger partial charge < -0.3 is 5.32 Å². The maximum atomic E-state index is 11.7. The Morgan fingerprint density at radius 1 is 1.17 bits per heavy atom. The Bertz CT molecular complexity index is 953. The summed E-state index contributed by atoms with van der Waals surface area (Å²) in [4.78, 5) is 9.26. The number of anilines is 1. The molecule has 0 saturated carbocycles. The number of benzene rings is 1. The average molecular weight is 345 g/mol. The molecular weight excluding hydrogens is 330 g/mol. The molecule has 0 unspecified atom stereocenters. The van der Waals surface area contributed by atoms with Gasteiger partial charge in [0.05, 0.1) is 17.0 Å². The van der Waals surface area contributed by atoms with Crippen LogP contribution in [-0.4, -0.2) is 35.9 Å². The van der Waals surface area contributed by atoms with Gasteiger partial charge in [-0.25, -0.2) is 18.4 Å². The minimum atomic E-state index is -2.93. The van der Waals surface area contributed by atoms with E-state index < -0.39 is 9.84 Å². The highest BCUT2D eigenvalue weighted by Gasteiger charge is 2.28. The lowest BCUT2D eigenvalue weighted by molar-refractivity contribution is 0.602. The molecule has 7 heteroatoms. The van der Waals surface area contributed by atoms with Gasteiger partial charge in [-0.3, -0.25) is 0 Å². The molecule has 1 aliphatic heterocycles. The third-order valence-corrected chi connectivity index (χ3v) is 6.41. The quantitative estimate of drug-likeness (QED) is 0.790. The maximum absolute atomic E-state index is 11.7. The summed E-state index contributed by atoms with van der Waals surface area (Å²) in [6.45, 7) is 0. The van der Waals surface area contributed by atoms with Crippen LogP contribution in [0, 0.1) is 0 Å². The second-order valence-electron chi connectivity index (χ2n) is 5.67. The van der Waals surface area contributed by atoms with Crippen LogP contribution in [0.3, 0.4) is 0 Å². The topological polar surface area (TPSA) is 72.0 Å². The summed E-state index contributed by atoms with van der Waals surface area (Å²) in [7, 11) is -2.93. The first kappa shape index (κ1) is 14.6. The molecule has 1 atom stereocenters. The highest BCUT2D eigenvalue weighted by Crippen LogP contribution is 2.27. The summed E-state index contributed by atoms with van der Waals surface area (Å²) in [6, 6.07) is 9.68. The molecule has 1 aliphatic rings. The number of sulfone groups is 1. The van der Waals surface area contributed by atoms with Gasteiger partial charge in [-0.1, -0.05) is 12.1 Å². The molecule has 0 radical (unpaired) electrons. The van der Waals surface area contributed by atoms with Gasteiger partial charge in [0, 0.05) is 22.4 Å². The van der Waals surface area contributed by atoms with E-state index in [1.807, 2.05) is 41.1 Å². The van der Waals surface area contributed by atoms with Gasteiger partial charge in [0.25, 0.3) is 0 Å². The Hall–Kier alpha value is -1.99. The van der Waals surface area contributed by atoms with Crippen LogP contribution in [0.15, 0.2) is 41.1 Å². The Kier molecular flexibility index (Phi) is 3.54. The molecule has 0 amide bonds. The summed E-state index contributed by atoms with van der Waals surface area (Å²) in [6.07, 6.45) is 0.619. The van der Waals surface area contributed by atoms with Crippen molar-refractivity contribution in [1.82, 2.24) is 9.97 Å². The third-order valence-electron chi connectivity index (χ3n) is 3.96. The number of thiophene rings is 1. The number of hydrogen-bond acceptors (Lipinski definition) is 6. The summed E-state index contributed by atoms with van der Waals surface area (Å²) in [5.41, 5.74) is 1.83. The normalized spacial score (nSPS) is 19.9. The number of hydrogen-bond donors (Lipinski definition) is 1. The molecule has 4 rings (SSSR count). The molecule has 1 N–H and O–H groups in total. The van der Waals surface area contributed by atoms with Crippen LogP contribution in [0.4, 0.5) is 5.82 Å². The first-order valence-corrected chi connectivity index (χ1v) is 10.1. The van der Waals surface area contributed by atoms with E-state index in [0.717, 1.165) is 16.5 Å². The fourth-order valence-corrected chi connectivity index (χ4v) is 5.12. The van der Waals surface area contributed by atoms with E-state index in [1.54, 1.807) is 11.3 Å². The van der Waals surface area contributed by atoms with Crippen LogP contribution in [0.2, 0.25) is 0 Å². The monoisotopic (exact) mass is 345 g/mol. The Labute approximate surface area is 138 Å². The number of fused-ring (bicyclic) bond motifs is 1. The van der Waals surface area contributed by atoms with Crippen molar-refractivity contribution in [3.8, 4) is 11.4 Å². The van der Waals surface area contributed by atoms with E-state index in [0.29, 0.717) is 18.1 Å². The van der Waals surface area contributed by atoms with Crippen molar-refractivity contribution in [1.29, 1.82) is 0 Å². The summed E-state index contributed by atoms with van der Waals surface area (Å²) < 4.78 is 23.4. The van der Waals surface area contributed by atoms with E-state index in [9.17, 15) is 8.42 Å². The van der Waals surface area contributed by atoms with Crippen LogP contribution in [-0.2, 0) is 9.84 Å². The van der Waals surface area contributed by atoms with Crippen molar-refractivity contribution in [2.45, 2.75) is 12.5 Å². The SMILES string of the molecule is O=S1(=O)CC[C@H](Nc2nc(-c3ccsc3)nc3ccccc23)C1. The zero-order valence-corrected chi connectivity index (χ0v) is 13.9. The number of rotatable bonds is 3. The van der Waals surface area contributed by atoms with E-state index in [1.165, 1.54) is 0 Å².